The maximum Gasteiger partial charge on any atom is 0.125 e. The fourth-order valence-electron chi connectivity index (χ4n) is 2.50. The van der Waals surface area contributed by atoms with Crippen molar-refractivity contribution < 1.29 is 0 Å². The van der Waals surface area contributed by atoms with Gasteiger partial charge in [-0.25, -0.2) is 0 Å². The van der Waals surface area contributed by atoms with Crippen molar-refractivity contribution in [1.82, 2.24) is 15.6 Å². The molecule has 1 fully saturated rings. The minimum Gasteiger partial charge on any atom is -0.383 e. The standard InChI is InChI=1S/C13H18N4/c1-9-4-3-5-11-12(6-9)16-13-10(7-14-11)8-15-17(13)2/h4-6,8,10,13-14,16H,3,7H2,1-2H3. The number of hydrazone groups is 1. The Morgan fingerprint density at radius 2 is 2.24 bits per heavy atom. The number of allylic oxidation sites excluding steroid dienone is 4. The lowest BCUT2D eigenvalue weighted by molar-refractivity contribution is 0.224. The van der Waals surface area contributed by atoms with E-state index in [9.17, 15) is 0 Å². The number of hydrogen-bond acceptors (Lipinski definition) is 4. The largest absolute Gasteiger partial charge is 0.383 e. The third-order valence-electron chi connectivity index (χ3n) is 3.50. The molecular weight excluding hydrogens is 212 g/mol. The Hall–Kier alpha value is -1.71. The van der Waals surface area contributed by atoms with Crippen LogP contribution in [0.2, 0.25) is 0 Å². The molecule has 0 amide bonds. The molecule has 3 aliphatic rings. The van der Waals surface area contributed by atoms with E-state index in [4.69, 9.17) is 0 Å². The van der Waals surface area contributed by atoms with Crippen molar-refractivity contribution in [3.8, 4) is 0 Å². The van der Waals surface area contributed by atoms with Gasteiger partial charge in [0.05, 0.1) is 17.3 Å². The summed E-state index contributed by atoms with van der Waals surface area (Å²) in [7, 11) is 2.02. The summed E-state index contributed by atoms with van der Waals surface area (Å²) in [6.07, 6.45) is 9.98. The number of hydrogen-bond donors (Lipinski definition) is 2. The monoisotopic (exact) mass is 230 g/mol. The van der Waals surface area contributed by atoms with Gasteiger partial charge in [-0.2, -0.15) is 5.10 Å². The molecule has 2 heterocycles. The van der Waals surface area contributed by atoms with Crippen LogP contribution in [0.25, 0.3) is 0 Å². The first-order valence-corrected chi connectivity index (χ1v) is 6.10. The molecule has 2 atom stereocenters. The molecule has 2 unspecified atom stereocenters. The predicted molar refractivity (Wildman–Crippen MR) is 69.2 cm³/mol. The maximum absolute atomic E-state index is 4.35. The van der Waals surface area contributed by atoms with Crippen molar-refractivity contribution in [3.63, 3.8) is 0 Å². The second-order valence-corrected chi connectivity index (χ2v) is 4.83. The van der Waals surface area contributed by atoms with Crippen LogP contribution in [0.3, 0.4) is 0 Å². The molecule has 4 nitrogen and oxygen atoms in total. The number of fused-ring (bicyclic) bond motifs is 2. The van der Waals surface area contributed by atoms with Crippen LogP contribution in [0.1, 0.15) is 13.3 Å². The molecule has 1 aliphatic carbocycles. The van der Waals surface area contributed by atoms with Crippen LogP contribution in [0, 0.1) is 5.92 Å². The van der Waals surface area contributed by atoms with Gasteiger partial charge >= 0.3 is 0 Å². The second-order valence-electron chi connectivity index (χ2n) is 4.83. The quantitative estimate of drug-likeness (QED) is 0.656. The molecule has 3 rings (SSSR count). The number of nitrogens with zero attached hydrogens (tertiary/aromatic N) is 2. The Kier molecular flexibility index (Phi) is 2.42. The lowest BCUT2D eigenvalue weighted by Gasteiger charge is -2.24. The molecule has 4 heteroatoms. The zero-order chi connectivity index (χ0) is 11.8. The van der Waals surface area contributed by atoms with E-state index >= 15 is 0 Å². The summed E-state index contributed by atoms with van der Waals surface area (Å²) in [6.45, 7) is 3.08. The van der Waals surface area contributed by atoms with Gasteiger partial charge in [-0.3, -0.25) is 5.01 Å². The van der Waals surface area contributed by atoms with Gasteiger partial charge < -0.3 is 10.6 Å². The Balaban J connectivity index is 1.92. The second kappa shape index (κ2) is 3.95. The highest BCUT2D eigenvalue weighted by atomic mass is 15.5. The third kappa shape index (κ3) is 1.84. The van der Waals surface area contributed by atoms with Crippen LogP contribution in [-0.4, -0.2) is 31.0 Å². The number of nitrogens with one attached hydrogen (secondary N) is 2. The summed E-state index contributed by atoms with van der Waals surface area (Å²) in [5.74, 6) is 0.429. The van der Waals surface area contributed by atoms with Gasteiger partial charge in [-0.1, -0.05) is 17.7 Å². The van der Waals surface area contributed by atoms with Gasteiger partial charge in [-0.05, 0) is 19.4 Å². The average molecular weight is 230 g/mol. The van der Waals surface area contributed by atoms with E-state index in [-0.39, 0.29) is 6.17 Å². The summed E-state index contributed by atoms with van der Waals surface area (Å²) in [5.41, 5.74) is 3.70. The Labute approximate surface area is 102 Å². The topological polar surface area (TPSA) is 39.7 Å². The highest BCUT2D eigenvalue weighted by Gasteiger charge is 2.32. The lowest BCUT2D eigenvalue weighted by Crippen LogP contribution is -2.42. The van der Waals surface area contributed by atoms with Gasteiger partial charge in [0.2, 0.25) is 0 Å². The maximum atomic E-state index is 4.35. The van der Waals surface area contributed by atoms with Crippen molar-refractivity contribution in [2.45, 2.75) is 19.5 Å². The first kappa shape index (κ1) is 10.4. The van der Waals surface area contributed by atoms with E-state index in [1.807, 2.05) is 18.3 Å². The fraction of sp³-hybridized carbons (Fsp3) is 0.462. The molecule has 0 spiro atoms. The molecule has 0 aromatic rings. The average Bonchev–Trinajstić information content (AvgIpc) is 2.49. The van der Waals surface area contributed by atoms with Crippen LogP contribution in [0.4, 0.5) is 0 Å². The summed E-state index contributed by atoms with van der Waals surface area (Å²) in [5, 5.41) is 13.5. The molecule has 0 radical (unpaired) electrons. The lowest BCUT2D eigenvalue weighted by atomic mass is 10.1. The van der Waals surface area contributed by atoms with Crippen LogP contribution in [0.5, 0.6) is 0 Å². The van der Waals surface area contributed by atoms with Gasteiger partial charge in [0.15, 0.2) is 0 Å². The van der Waals surface area contributed by atoms with Crippen LogP contribution < -0.4 is 10.6 Å². The van der Waals surface area contributed by atoms with Gasteiger partial charge in [0.25, 0.3) is 0 Å². The Morgan fingerprint density at radius 1 is 1.35 bits per heavy atom. The van der Waals surface area contributed by atoms with Crippen molar-refractivity contribution in [2.24, 2.45) is 11.0 Å². The van der Waals surface area contributed by atoms with Gasteiger partial charge in [0, 0.05) is 19.8 Å². The zero-order valence-corrected chi connectivity index (χ0v) is 10.3. The van der Waals surface area contributed by atoms with Crippen molar-refractivity contribution in [2.75, 3.05) is 13.6 Å². The van der Waals surface area contributed by atoms with Gasteiger partial charge in [0.1, 0.15) is 6.17 Å². The molecule has 90 valence electrons. The number of rotatable bonds is 0. The fourth-order valence-corrected chi connectivity index (χ4v) is 2.50. The molecular formula is C13H18N4. The molecule has 0 bridgehead atoms. The molecule has 0 aromatic carbocycles. The zero-order valence-electron chi connectivity index (χ0n) is 10.3. The summed E-state index contributed by atoms with van der Waals surface area (Å²) in [4.78, 5) is 0. The van der Waals surface area contributed by atoms with E-state index in [2.05, 4.69) is 40.9 Å². The molecule has 2 N–H and O–H groups in total. The van der Waals surface area contributed by atoms with Gasteiger partial charge in [-0.15, -0.1) is 0 Å². The van der Waals surface area contributed by atoms with E-state index in [0.717, 1.165) is 13.0 Å². The SMILES string of the molecule is CC1=CCC=C2NCC3C=NN(C)C3NC2=C1. The third-order valence-corrected chi connectivity index (χ3v) is 3.50. The first-order valence-electron chi connectivity index (χ1n) is 6.10. The highest BCUT2D eigenvalue weighted by molar-refractivity contribution is 5.64. The van der Waals surface area contributed by atoms with E-state index in [1.165, 1.54) is 17.0 Å². The highest BCUT2D eigenvalue weighted by Crippen LogP contribution is 2.23. The molecule has 1 saturated heterocycles. The van der Waals surface area contributed by atoms with E-state index in [1.54, 1.807) is 0 Å². The van der Waals surface area contributed by atoms with Crippen LogP contribution in [-0.2, 0) is 0 Å². The summed E-state index contributed by atoms with van der Waals surface area (Å²) < 4.78 is 0. The first-order chi connectivity index (χ1) is 8.24. The minimum atomic E-state index is 0.269. The molecule has 2 aliphatic heterocycles. The van der Waals surface area contributed by atoms with Crippen molar-refractivity contribution in [1.29, 1.82) is 0 Å². The van der Waals surface area contributed by atoms with Crippen LogP contribution >= 0.6 is 0 Å². The molecule has 0 saturated carbocycles. The van der Waals surface area contributed by atoms with E-state index < -0.39 is 0 Å². The summed E-state index contributed by atoms with van der Waals surface area (Å²) in [6, 6.07) is 0. The van der Waals surface area contributed by atoms with Crippen molar-refractivity contribution in [3.05, 3.63) is 35.2 Å². The molecule has 17 heavy (non-hydrogen) atoms. The van der Waals surface area contributed by atoms with Crippen LogP contribution in [0.15, 0.2) is 40.3 Å². The summed E-state index contributed by atoms with van der Waals surface area (Å²) >= 11 is 0. The molecule has 0 aromatic heterocycles. The smallest absolute Gasteiger partial charge is 0.125 e. The normalized spacial score (nSPS) is 30.9. The Morgan fingerprint density at radius 3 is 3.12 bits per heavy atom. The Bertz CT molecular complexity index is 444. The minimum absolute atomic E-state index is 0.269. The van der Waals surface area contributed by atoms with E-state index in [0.29, 0.717) is 5.92 Å². The van der Waals surface area contributed by atoms with Crippen molar-refractivity contribution >= 4 is 6.21 Å². The predicted octanol–water partition coefficient (Wildman–Crippen LogP) is 1.17.